The summed E-state index contributed by atoms with van der Waals surface area (Å²) in [5, 5.41) is 8.66. The van der Waals surface area contributed by atoms with Gasteiger partial charge >= 0.3 is 5.97 Å². The second-order valence-electron chi connectivity index (χ2n) is 9.60. The molecule has 3 rings (SSSR count). The lowest BCUT2D eigenvalue weighted by atomic mass is 9.89. The van der Waals surface area contributed by atoms with Crippen LogP contribution < -0.4 is 10.2 Å². The fourth-order valence-electron chi connectivity index (χ4n) is 4.16. The molecule has 34 heavy (non-hydrogen) atoms. The van der Waals surface area contributed by atoms with E-state index in [2.05, 4.69) is 4.98 Å². The zero-order valence-corrected chi connectivity index (χ0v) is 21.3. The third-order valence-electron chi connectivity index (χ3n) is 5.68. The molecule has 1 saturated carbocycles. The van der Waals surface area contributed by atoms with Crippen LogP contribution in [-0.4, -0.2) is 48.3 Å². The third-order valence-corrected chi connectivity index (χ3v) is 7.85. The van der Waals surface area contributed by atoms with Crippen LogP contribution in [0, 0.1) is 11.3 Å². The van der Waals surface area contributed by atoms with Crippen LogP contribution in [0.2, 0.25) is 0 Å². The van der Waals surface area contributed by atoms with Crippen molar-refractivity contribution in [2.45, 2.75) is 63.4 Å². The largest absolute Gasteiger partial charge is 0.459 e. The highest BCUT2D eigenvalue weighted by Crippen LogP contribution is 2.31. The van der Waals surface area contributed by atoms with E-state index in [0.717, 1.165) is 36.5 Å². The van der Waals surface area contributed by atoms with Gasteiger partial charge in [0.05, 0.1) is 16.8 Å². The van der Waals surface area contributed by atoms with E-state index in [1.807, 2.05) is 0 Å². The molecular formula is C23H32ClN5O4S. The maximum atomic E-state index is 13.7. The van der Waals surface area contributed by atoms with Gasteiger partial charge in [0.2, 0.25) is 16.0 Å². The first kappa shape index (κ1) is 26.2. The number of fused-ring (bicyclic) bond motifs is 1. The number of anilines is 1. The topological polar surface area (TPSA) is 130 Å². The van der Waals surface area contributed by atoms with E-state index < -0.39 is 21.6 Å². The van der Waals surface area contributed by atoms with Crippen LogP contribution in [0.4, 0.5) is 5.69 Å². The lowest BCUT2D eigenvalue weighted by Gasteiger charge is -2.29. The molecule has 2 aromatic rings. The molecule has 0 spiro atoms. The number of pyridine rings is 1. The van der Waals surface area contributed by atoms with Gasteiger partial charge in [-0.15, -0.1) is 0 Å². The van der Waals surface area contributed by atoms with Crippen LogP contribution in [-0.2, 0) is 19.6 Å². The van der Waals surface area contributed by atoms with Gasteiger partial charge in [-0.1, -0.05) is 25.3 Å². The van der Waals surface area contributed by atoms with E-state index in [9.17, 15) is 13.2 Å². The Balaban J connectivity index is 1.96. The van der Waals surface area contributed by atoms with Gasteiger partial charge in [-0.3, -0.25) is 15.2 Å². The molecule has 11 heteroatoms. The molecular weight excluding hydrogens is 478 g/mol. The van der Waals surface area contributed by atoms with Gasteiger partial charge in [0.1, 0.15) is 12.1 Å². The van der Waals surface area contributed by atoms with E-state index in [1.54, 1.807) is 26.8 Å². The van der Waals surface area contributed by atoms with Crippen LogP contribution in [0.3, 0.4) is 0 Å². The van der Waals surface area contributed by atoms with Crippen molar-refractivity contribution >= 4 is 50.2 Å². The van der Waals surface area contributed by atoms with Gasteiger partial charge in [-0.2, -0.15) is 4.31 Å². The van der Waals surface area contributed by atoms with Crippen molar-refractivity contribution in [1.82, 2.24) is 9.29 Å². The van der Waals surface area contributed by atoms with Crippen molar-refractivity contribution < 1.29 is 17.9 Å². The molecule has 0 bridgehead atoms. The maximum absolute atomic E-state index is 13.7. The molecule has 9 nitrogen and oxygen atoms in total. The summed E-state index contributed by atoms with van der Waals surface area (Å²) in [5.41, 5.74) is 5.13. The van der Waals surface area contributed by atoms with Crippen LogP contribution in [0.25, 0.3) is 10.8 Å². The fraction of sp³-hybridized carbons (Fsp3) is 0.522. The van der Waals surface area contributed by atoms with Gasteiger partial charge in [0.25, 0.3) is 0 Å². The number of sulfonamides is 1. The molecule has 0 saturated heterocycles. The highest BCUT2D eigenvalue weighted by Gasteiger charge is 2.31. The quantitative estimate of drug-likeness (QED) is 0.249. The first-order valence-corrected chi connectivity index (χ1v) is 13.1. The van der Waals surface area contributed by atoms with Crippen LogP contribution >= 0.6 is 11.8 Å². The highest BCUT2D eigenvalue weighted by atomic mass is 35.5. The number of esters is 1. The fourth-order valence-corrected chi connectivity index (χ4v) is 5.79. The number of halogens is 1. The number of rotatable bonds is 7. The van der Waals surface area contributed by atoms with E-state index in [-0.39, 0.29) is 29.9 Å². The van der Waals surface area contributed by atoms with Crippen molar-refractivity contribution in [2.75, 3.05) is 17.5 Å². The van der Waals surface area contributed by atoms with Crippen molar-refractivity contribution in [3.63, 3.8) is 0 Å². The number of benzene rings is 1. The summed E-state index contributed by atoms with van der Waals surface area (Å²) >= 11 is 6.08. The number of hydrogen-bond donors (Lipinski definition) is 2. The summed E-state index contributed by atoms with van der Waals surface area (Å²) in [4.78, 5) is 16.7. The minimum absolute atomic E-state index is 0.0438. The first-order chi connectivity index (χ1) is 15.9. The Morgan fingerprint density at radius 1 is 1.24 bits per heavy atom. The van der Waals surface area contributed by atoms with Gasteiger partial charge in [-0.25, -0.2) is 12.8 Å². The molecule has 1 heterocycles. The molecule has 1 aromatic carbocycles. The predicted octanol–water partition coefficient (Wildman–Crippen LogP) is 4.00. The Labute approximate surface area is 205 Å². The smallest absolute Gasteiger partial charge is 0.321 e. The lowest BCUT2D eigenvalue weighted by molar-refractivity contribution is -0.155. The van der Waals surface area contributed by atoms with Gasteiger partial charge in [0.15, 0.2) is 0 Å². The summed E-state index contributed by atoms with van der Waals surface area (Å²) in [6.45, 7) is 5.16. The monoisotopic (exact) mass is 509 g/mol. The van der Waals surface area contributed by atoms with Gasteiger partial charge in [-0.05, 0) is 51.7 Å². The number of guanidine groups is 1. The standard InChI is InChI=1S/C23H32ClN5O4S/c1-23(2,3)33-21(30)15-28(14-16-7-5-4-6-8-16)34(31,32)18-9-10-19-17(11-18)12-27-13-20(19)29(24)22(25)26/h9-13,16H,4-8,14-15H2,1-3H3,(H3,25,26). The Morgan fingerprint density at radius 3 is 2.53 bits per heavy atom. The van der Waals surface area contributed by atoms with Crippen molar-refractivity contribution in [2.24, 2.45) is 11.7 Å². The van der Waals surface area contributed by atoms with Gasteiger partial charge in [0, 0.05) is 35.3 Å². The molecule has 0 amide bonds. The summed E-state index contributed by atoms with van der Waals surface area (Å²) in [6, 6.07) is 4.56. The molecule has 3 N–H and O–H groups in total. The first-order valence-electron chi connectivity index (χ1n) is 11.3. The molecule has 1 fully saturated rings. The minimum Gasteiger partial charge on any atom is -0.459 e. The van der Waals surface area contributed by atoms with E-state index in [1.165, 1.54) is 28.8 Å². The zero-order valence-electron chi connectivity index (χ0n) is 19.8. The average molecular weight is 510 g/mol. The Hall–Kier alpha value is -2.43. The van der Waals surface area contributed by atoms with E-state index in [0.29, 0.717) is 16.5 Å². The average Bonchev–Trinajstić information content (AvgIpc) is 2.76. The number of nitrogens with two attached hydrogens (primary N) is 1. The molecule has 186 valence electrons. The highest BCUT2D eigenvalue weighted by molar-refractivity contribution is 7.89. The molecule has 0 radical (unpaired) electrons. The third kappa shape index (κ3) is 6.37. The molecule has 0 atom stereocenters. The number of nitrogens with zero attached hydrogens (tertiary/aromatic N) is 3. The summed E-state index contributed by atoms with van der Waals surface area (Å²) in [7, 11) is -4.00. The molecule has 0 aliphatic heterocycles. The van der Waals surface area contributed by atoms with Crippen molar-refractivity contribution in [3.8, 4) is 0 Å². The Bertz CT molecular complexity index is 1160. The van der Waals surface area contributed by atoms with Crippen molar-refractivity contribution in [1.29, 1.82) is 5.41 Å². The SMILES string of the molecule is CC(C)(C)OC(=O)CN(CC1CCCCC1)S(=O)(=O)c1ccc2c(N(Cl)C(=N)N)cncc2c1. The Morgan fingerprint density at radius 2 is 1.91 bits per heavy atom. The number of aromatic nitrogens is 1. The van der Waals surface area contributed by atoms with Crippen LogP contribution in [0.1, 0.15) is 52.9 Å². The van der Waals surface area contributed by atoms with E-state index in [4.69, 9.17) is 27.7 Å². The molecule has 1 aliphatic carbocycles. The molecule has 1 aromatic heterocycles. The predicted molar refractivity (Wildman–Crippen MR) is 133 cm³/mol. The van der Waals surface area contributed by atoms with Crippen molar-refractivity contribution in [3.05, 3.63) is 30.6 Å². The van der Waals surface area contributed by atoms with E-state index >= 15 is 0 Å². The summed E-state index contributed by atoms with van der Waals surface area (Å²) in [6.07, 6.45) is 8.09. The maximum Gasteiger partial charge on any atom is 0.321 e. The zero-order chi connectivity index (χ0) is 25.1. The molecule has 0 unspecified atom stereocenters. The number of carbonyl (C=O) groups is 1. The number of carbonyl (C=O) groups excluding carboxylic acids is 1. The van der Waals surface area contributed by atoms with Crippen LogP contribution in [0.15, 0.2) is 35.5 Å². The number of hydrogen-bond acceptors (Lipinski definition) is 6. The van der Waals surface area contributed by atoms with Gasteiger partial charge < -0.3 is 10.5 Å². The number of ether oxygens (including phenoxy) is 1. The minimum atomic E-state index is -4.00. The summed E-state index contributed by atoms with van der Waals surface area (Å²) in [5.74, 6) is -0.778. The number of nitrogens with one attached hydrogen (secondary N) is 1. The summed E-state index contributed by atoms with van der Waals surface area (Å²) < 4.78 is 35.0. The Kier molecular flexibility index (Phi) is 8.05. The second-order valence-corrected chi connectivity index (χ2v) is 11.9. The second kappa shape index (κ2) is 10.5. The molecule has 1 aliphatic rings. The van der Waals surface area contributed by atoms with Crippen LogP contribution in [0.5, 0.6) is 0 Å². The normalized spacial score (nSPS) is 15.4. The lowest BCUT2D eigenvalue weighted by Crippen LogP contribution is -2.41.